The quantitative estimate of drug-likeness (QED) is 0.602. The van der Waals surface area contributed by atoms with E-state index < -0.39 is 10.1 Å². The molecule has 3 nitrogen and oxygen atoms in total. The summed E-state index contributed by atoms with van der Waals surface area (Å²) < 4.78 is 26.2. The molecule has 0 spiro atoms. The highest BCUT2D eigenvalue weighted by molar-refractivity contribution is 7.85. The van der Waals surface area contributed by atoms with Crippen molar-refractivity contribution in [2.45, 2.75) is 39.5 Å². The molecule has 0 radical (unpaired) electrons. The van der Waals surface area contributed by atoms with Crippen molar-refractivity contribution in [3.8, 4) is 0 Å². The Morgan fingerprint density at radius 1 is 1.15 bits per heavy atom. The van der Waals surface area contributed by atoms with Crippen molar-refractivity contribution in [3.05, 3.63) is 0 Å². The summed E-state index contributed by atoms with van der Waals surface area (Å²) in [5.74, 6) is 0.393. The molecule has 0 aromatic carbocycles. The minimum absolute atomic E-state index is 0.348. The maximum atomic E-state index is 10.7. The molecule has 13 heavy (non-hydrogen) atoms. The summed E-state index contributed by atoms with van der Waals surface area (Å²) in [5.41, 5.74) is 0. The first kappa shape index (κ1) is 12.9. The van der Waals surface area contributed by atoms with Gasteiger partial charge in [0.25, 0.3) is 10.1 Å². The van der Waals surface area contributed by atoms with Crippen molar-refractivity contribution in [2.24, 2.45) is 5.92 Å². The van der Waals surface area contributed by atoms with Gasteiger partial charge in [0.1, 0.15) is 0 Å². The fourth-order valence-corrected chi connectivity index (χ4v) is 1.79. The first-order valence-corrected chi connectivity index (χ1v) is 6.65. The van der Waals surface area contributed by atoms with E-state index in [0.29, 0.717) is 12.5 Å². The number of rotatable bonds is 7. The maximum Gasteiger partial charge on any atom is 0.264 e. The Balaban J connectivity index is 3.81. The molecule has 0 fully saturated rings. The third kappa shape index (κ3) is 8.25. The van der Waals surface area contributed by atoms with Crippen molar-refractivity contribution in [1.29, 1.82) is 0 Å². The first-order valence-electron chi connectivity index (χ1n) is 4.84. The predicted molar refractivity (Wildman–Crippen MR) is 54.1 cm³/mol. The summed E-state index contributed by atoms with van der Waals surface area (Å²) in [5, 5.41) is 0. The van der Waals surface area contributed by atoms with Gasteiger partial charge in [0, 0.05) is 0 Å². The maximum absolute atomic E-state index is 10.7. The van der Waals surface area contributed by atoms with Gasteiger partial charge in [-0.05, 0) is 18.8 Å². The van der Waals surface area contributed by atoms with Crippen LogP contribution in [0.25, 0.3) is 0 Å². The molecule has 0 aromatic heterocycles. The summed E-state index contributed by atoms with van der Waals surface area (Å²) in [6, 6.07) is 0. The van der Waals surface area contributed by atoms with Gasteiger partial charge in [-0.3, -0.25) is 4.18 Å². The Labute approximate surface area is 81.6 Å². The standard InChI is InChI=1S/C9H20O3S/c1-4-6-9(7-5-2)8-12-13(3,10)11/h9H,4-8H2,1-3H3. The Bertz CT molecular complexity index is 203. The van der Waals surface area contributed by atoms with Crippen molar-refractivity contribution in [2.75, 3.05) is 12.9 Å². The van der Waals surface area contributed by atoms with Crippen LogP contribution in [0.2, 0.25) is 0 Å². The van der Waals surface area contributed by atoms with Crippen molar-refractivity contribution < 1.29 is 12.6 Å². The van der Waals surface area contributed by atoms with Crippen LogP contribution in [-0.4, -0.2) is 21.3 Å². The van der Waals surface area contributed by atoms with Crippen LogP contribution < -0.4 is 0 Å². The number of hydrogen-bond donors (Lipinski definition) is 0. The zero-order chi connectivity index (χ0) is 10.3. The highest BCUT2D eigenvalue weighted by atomic mass is 32.2. The van der Waals surface area contributed by atoms with E-state index in [1.807, 2.05) is 0 Å². The smallest absolute Gasteiger partial charge is 0.264 e. The molecule has 4 heteroatoms. The van der Waals surface area contributed by atoms with Gasteiger partial charge < -0.3 is 0 Å². The van der Waals surface area contributed by atoms with Crippen LogP contribution in [-0.2, 0) is 14.3 Å². The van der Waals surface area contributed by atoms with Gasteiger partial charge in [-0.25, -0.2) is 0 Å². The molecule has 0 unspecified atom stereocenters. The molecule has 0 saturated carbocycles. The molecule has 80 valence electrons. The molecule has 0 aromatic rings. The summed E-state index contributed by atoms with van der Waals surface area (Å²) in [4.78, 5) is 0. The highest BCUT2D eigenvalue weighted by Crippen LogP contribution is 2.14. The molecule has 0 atom stereocenters. The summed E-state index contributed by atoms with van der Waals surface area (Å²) in [6.45, 7) is 4.55. The normalized spacial score (nSPS) is 12.3. The van der Waals surface area contributed by atoms with E-state index in [1.54, 1.807) is 0 Å². The van der Waals surface area contributed by atoms with Crippen LogP contribution in [0.1, 0.15) is 39.5 Å². The van der Waals surface area contributed by atoms with Crippen LogP contribution in [0, 0.1) is 5.92 Å². The van der Waals surface area contributed by atoms with Gasteiger partial charge in [-0.15, -0.1) is 0 Å². The molecule has 0 aliphatic carbocycles. The minimum Gasteiger partial charge on any atom is -0.270 e. The lowest BCUT2D eigenvalue weighted by Crippen LogP contribution is -2.13. The SMILES string of the molecule is CCCC(CCC)COS(C)(=O)=O. The van der Waals surface area contributed by atoms with Gasteiger partial charge in [0.15, 0.2) is 0 Å². The van der Waals surface area contributed by atoms with Crippen LogP contribution >= 0.6 is 0 Å². The van der Waals surface area contributed by atoms with Gasteiger partial charge in [0.2, 0.25) is 0 Å². The Morgan fingerprint density at radius 2 is 1.62 bits per heavy atom. The lowest BCUT2D eigenvalue weighted by atomic mass is 10.00. The van der Waals surface area contributed by atoms with E-state index in [1.165, 1.54) is 0 Å². The van der Waals surface area contributed by atoms with Gasteiger partial charge in [0.05, 0.1) is 12.9 Å². The molecule has 0 aliphatic heterocycles. The van der Waals surface area contributed by atoms with Crippen LogP contribution in [0.15, 0.2) is 0 Å². The summed E-state index contributed by atoms with van der Waals surface area (Å²) >= 11 is 0. The molecular weight excluding hydrogens is 188 g/mol. The fourth-order valence-electron chi connectivity index (χ4n) is 1.35. The van der Waals surface area contributed by atoms with Crippen LogP contribution in [0.4, 0.5) is 0 Å². The molecular formula is C9H20O3S. The minimum atomic E-state index is -3.26. The zero-order valence-corrected chi connectivity index (χ0v) is 9.56. The average molecular weight is 208 g/mol. The van der Waals surface area contributed by atoms with Crippen molar-refractivity contribution in [3.63, 3.8) is 0 Å². The van der Waals surface area contributed by atoms with Crippen LogP contribution in [0.3, 0.4) is 0 Å². The second-order valence-electron chi connectivity index (χ2n) is 3.43. The van der Waals surface area contributed by atoms with E-state index in [9.17, 15) is 8.42 Å². The zero-order valence-electron chi connectivity index (χ0n) is 8.75. The molecule has 0 bridgehead atoms. The largest absolute Gasteiger partial charge is 0.270 e. The van der Waals surface area contributed by atoms with Crippen LogP contribution in [0.5, 0.6) is 0 Å². The van der Waals surface area contributed by atoms with Crippen molar-refractivity contribution >= 4 is 10.1 Å². The molecule has 0 rings (SSSR count). The third-order valence-corrected chi connectivity index (χ3v) is 2.48. The fraction of sp³-hybridized carbons (Fsp3) is 1.00. The summed E-state index contributed by atoms with van der Waals surface area (Å²) in [7, 11) is -3.26. The Morgan fingerprint density at radius 3 is 1.92 bits per heavy atom. The predicted octanol–water partition coefficient (Wildman–Crippen LogP) is 2.18. The molecule has 0 saturated heterocycles. The highest BCUT2D eigenvalue weighted by Gasteiger charge is 2.10. The Kier molecular flexibility index (Phi) is 6.33. The lowest BCUT2D eigenvalue weighted by molar-refractivity contribution is 0.237. The third-order valence-electron chi connectivity index (χ3n) is 1.91. The van der Waals surface area contributed by atoms with E-state index in [4.69, 9.17) is 4.18 Å². The lowest BCUT2D eigenvalue weighted by Gasteiger charge is -2.13. The van der Waals surface area contributed by atoms with E-state index >= 15 is 0 Å². The van der Waals surface area contributed by atoms with E-state index in [-0.39, 0.29) is 0 Å². The second-order valence-corrected chi connectivity index (χ2v) is 5.08. The summed E-state index contributed by atoms with van der Waals surface area (Å²) in [6.07, 6.45) is 5.35. The molecule has 0 N–H and O–H groups in total. The number of hydrogen-bond acceptors (Lipinski definition) is 3. The topological polar surface area (TPSA) is 43.4 Å². The van der Waals surface area contributed by atoms with Crippen molar-refractivity contribution in [1.82, 2.24) is 0 Å². The molecule has 0 heterocycles. The average Bonchev–Trinajstić information content (AvgIpc) is 2.00. The molecule has 0 amide bonds. The first-order chi connectivity index (χ1) is 5.99. The van der Waals surface area contributed by atoms with Gasteiger partial charge in [-0.2, -0.15) is 8.42 Å². The Hall–Kier alpha value is -0.0900. The monoisotopic (exact) mass is 208 g/mol. The van der Waals surface area contributed by atoms with Gasteiger partial charge in [-0.1, -0.05) is 26.7 Å². The molecule has 0 aliphatic rings. The van der Waals surface area contributed by atoms with E-state index in [2.05, 4.69) is 13.8 Å². The van der Waals surface area contributed by atoms with E-state index in [0.717, 1.165) is 31.9 Å². The van der Waals surface area contributed by atoms with Gasteiger partial charge >= 0.3 is 0 Å². The second kappa shape index (κ2) is 6.38.